The van der Waals surface area contributed by atoms with E-state index < -0.39 is 0 Å². The van der Waals surface area contributed by atoms with E-state index in [1.165, 1.54) is 19.3 Å². The summed E-state index contributed by atoms with van der Waals surface area (Å²) in [5.74, 6) is 1.16. The minimum Gasteiger partial charge on any atom is -0.508 e. The van der Waals surface area contributed by atoms with Gasteiger partial charge in [0.15, 0.2) is 5.96 Å². The van der Waals surface area contributed by atoms with Crippen LogP contribution in [0.25, 0.3) is 0 Å². The van der Waals surface area contributed by atoms with Crippen molar-refractivity contribution in [2.75, 3.05) is 13.2 Å². The highest BCUT2D eigenvalue weighted by Gasteiger charge is 2.59. The summed E-state index contributed by atoms with van der Waals surface area (Å²) in [4.78, 5) is 4.70. The van der Waals surface area contributed by atoms with Crippen molar-refractivity contribution in [1.29, 1.82) is 0 Å². The van der Waals surface area contributed by atoms with Crippen LogP contribution in [0.15, 0.2) is 29.3 Å². The molecule has 2 aliphatic carbocycles. The van der Waals surface area contributed by atoms with E-state index >= 15 is 0 Å². The normalized spacial score (nSPS) is 25.0. The molecular formula is C19H29N3O2. The second-order valence-corrected chi connectivity index (χ2v) is 6.82. The number of benzene rings is 1. The van der Waals surface area contributed by atoms with Crippen molar-refractivity contribution in [3.63, 3.8) is 0 Å². The maximum atomic E-state index is 9.36. The molecule has 2 fully saturated rings. The van der Waals surface area contributed by atoms with Gasteiger partial charge in [0.1, 0.15) is 5.75 Å². The van der Waals surface area contributed by atoms with Gasteiger partial charge < -0.3 is 20.5 Å². The van der Waals surface area contributed by atoms with Gasteiger partial charge in [0.05, 0.1) is 12.6 Å². The van der Waals surface area contributed by atoms with E-state index in [1.54, 1.807) is 12.1 Å². The van der Waals surface area contributed by atoms with Crippen LogP contribution in [0, 0.1) is 5.41 Å². The van der Waals surface area contributed by atoms with Gasteiger partial charge in [-0.05, 0) is 50.8 Å². The summed E-state index contributed by atoms with van der Waals surface area (Å²) in [6.07, 6.45) is 5.30. The molecule has 1 aromatic rings. The predicted octanol–water partition coefficient (Wildman–Crippen LogP) is 2.80. The Morgan fingerprint density at radius 3 is 2.62 bits per heavy atom. The smallest absolute Gasteiger partial charge is 0.191 e. The Balaban J connectivity index is 1.61. The minimum absolute atomic E-state index is 0.288. The SMILES string of the molecule is CCNC(=NCc1ccc(O)cc1)NC1CC(OCC)C12CCC2. The molecule has 0 aromatic heterocycles. The van der Waals surface area contributed by atoms with Crippen LogP contribution in [-0.4, -0.2) is 36.4 Å². The van der Waals surface area contributed by atoms with E-state index in [1.807, 2.05) is 12.1 Å². The Kier molecular flexibility index (Phi) is 5.29. The fraction of sp³-hybridized carbons (Fsp3) is 0.632. The van der Waals surface area contributed by atoms with Gasteiger partial charge in [-0.15, -0.1) is 0 Å². The van der Waals surface area contributed by atoms with Gasteiger partial charge in [-0.2, -0.15) is 0 Å². The average molecular weight is 331 g/mol. The van der Waals surface area contributed by atoms with Crippen molar-refractivity contribution in [1.82, 2.24) is 10.6 Å². The number of aliphatic imine (C=N–C) groups is 1. The van der Waals surface area contributed by atoms with Crippen LogP contribution >= 0.6 is 0 Å². The molecule has 2 aliphatic rings. The van der Waals surface area contributed by atoms with Gasteiger partial charge in [-0.3, -0.25) is 0 Å². The molecule has 2 saturated carbocycles. The number of phenols is 1. The van der Waals surface area contributed by atoms with Gasteiger partial charge in [0.25, 0.3) is 0 Å². The zero-order valence-corrected chi connectivity index (χ0v) is 14.7. The predicted molar refractivity (Wildman–Crippen MR) is 96.2 cm³/mol. The first-order valence-corrected chi connectivity index (χ1v) is 9.12. The van der Waals surface area contributed by atoms with E-state index in [-0.39, 0.29) is 5.75 Å². The van der Waals surface area contributed by atoms with Gasteiger partial charge in [-0.1, -0.05) is 18.6 Å². The van der Waals surface area contributed by atoms with Crippen LogP contribution in [0.2, 0.25) is 0 Å². The first-order chi connectivity index (χ1) is 11.7. The van der Waals surface area contributed by atoms with E-state index in [4.69, 9.17) is 9.73 Å². The Bertz CT molecular complexity index is 566. The van der Waals surface area contributed by atoms with Crippen LogP contribution in [0.1, 0.15) is 45.1 Å². The molecule has 0 radical (unpaired) electrons. The van der Waals surface area contributed by atoms with E-state index in [0.717, 1.165) is 31.1 Å². The summed E-state index contributed by atoms with van der Waals surface area (Å²) in [5.41, 5.74) is 1.41. The number of nitrogens with one attached hydrogen (secondary N) is 2. The highest BCUT2D eigenvalue weighted by molar-refractivity contribution is 5.80. The second-order valence-electron chi connectivity index (χ2n) is 6.82. The Morgan fingerprint density at radius 1 is 1.29 bits per heavy atom. The quantitative estimate of drug-likeness (QED) is 0.554. The number of aromatic hydroxyl groups is 1. The summed E-state index contributed by atoms with van der Waals surface area (Å²) >= 11 is 0. The van der Waals surface area contributed by atoms with Crippen LogP contribution in [0.3, 0.4) is 0 Å². The van der Waals surface area contributed by atoms with Crippen molar-refractivity contribution in [2.45, 2.75) is 58.2 Å². The lowest BCUT2D eigenvalue weighted by atomic mass is 9.51. The average Bonchev–Trinajstić information content (AvgIpc) is 2.51. The van der Waals surface area contributed by atoms with Crippen molar-refractivity contribution < 1.29 is 9.84 Å². The third-order valence-corrected chi connectivity index (χ3v) is 5.45. The number of rotatable bonds is 6. The molecule has 2 unspecified atom stereocenters. The molecule has 0 aliphatic heterocycles. The zero-order valence-electron chi connectivity index (χ0n) is 14.7. The number of hydrogen-bond donors (Lipinski definition) is 3. The molecule has 0 saturated heterocycles. The molecule has 0 bridgehead atoms. The summed E-state index contributed by atoms with van der Waals surface area (Å²) < 4.78 is 5.92. The second kappa shape index (κ2) is 7.43. The molecular weight excluding hydrogens is 302 g/mol. The van der Waals surface area contributed by atoms with Gasteiger partial charge in [0.2, 0.25) is 0 Å². The number of nitrogens with zero attached hydrogens (tertiary/aromatic N) is 1. The molecule has 1 spiro atoms. The molecule has 0 amide bonds. The van der Waals surface area contributed by atoms with Gasteiger partial charge in [0, 0.05) is 24.6 Å². The monoisotopic (exact) mass is 331 g/mol. The standard InChI is InChI=1S/C19H29N3O2/c1-3-20-18(21-13-14-6-8-15(23)9-7-14)22-16-12-17(24-4-2)19(16)10-5-11-19/h6-9,16-17,23H,3-5,10-13H2,1-2H3,(H2,20,21,22). The third kappa shape index (κ3) is 3.36. The maximum absolute atomic E-state index is 9.36. The number of phenolic OH excluding ortho intramolecular Hbond substituents is 1. The third-order valence-electron chi connectivity index (χ3n) is 5.45. The molecule has 132 valence electrons. The maximum Gasteiger partial charge on any atom is 0.191 e. The molecule has 1 aromatic carbocycles. The first-order valence-electron chi connectivity index (χ1n) is 9.12. The summed E-state index contributed by atoms with van der Waals surface area (Å²) in [6, 6.07) is 7.68. The molecule has 2 atom stereocenters. The minimum atomic E-state index is 0.288. The number of guanidine groups is 1. The van der Waals surface area contributed by atoms with Crippen molar-refractivity contribution in [2.24, 2.45) is 10.4 Å². The van der Waals surface area contributed by atoms with Crippen LogP contribution in [-0.2, 0) is 11.3 Å². The Labute approximate surface area is 144 Å². The van der Waals surface area contributed by atoms with Crippen molar-refractivity contribution >= 4 is 5.96 Å². The molecule has 3 rings (SSSR count). The largest absolute Gasteiger partial charge is 0.508 e. The van der Waals surface area contributed by atoms with Crippen molar-refractivity contribution in [3.05, 3.63) is 29.8 Å². The Morgan fingerprint density at radius 2 is 2.04 bits per heavy atom. The molecule has 5 heteroatoms. The molecule has 0 heterocycles. The van der Waals surface area contributed by atoms with E-state index in [2.05, 4.69) is 24.5 Å². The summed E-state index contributed by atoms with van der Waals surface area (Å²) in [5, 5.41) is 16.3. The highest BCUT2D eigenvalue weighted by atomic mass is 16.5. The first kappa shape index (κ1) is 17.1. The Hall–Kier alpha value is -1.75. The fourth-order valence-corrected chi connectivity index (χ4v) is 3.90. The fourth-order valence-electron chi connectivity index (χ4n) is 3.90. The lowest BCUT2D eigenvalue weighted by molar-refractivity contribution is -0.168. The highest BCUT2D eigenvalue weighted by Crippen LogP contribution is 2.57. The van der Waals surface area contributed by atoms with E-state index in [0.29, 0.717) is 24.1 Å². The molecule has 24 heavy (non-hydrogen) atoms. The number of ether oxygens (including phenoxy) is 1. The molecule has 3 N–H and O–H groups in total. The van der Waals surface area contributed by atoms with Crippen LogP contribution < -0.4 is 10.6 Å². The van der Waals surface area contributed by atoms with Crippen molar-refractivity contribution in [3.8, 4) is 5.75 Å². The zero-order chi connectivity index (χ0) is 17.0. The topological polar surface area (TPSA) is 65.9 Å². The van der Waals surface area contributed by atoms with Crippen LogP contribution in [0.5, 0.6) is 5.75 Å². The lowest BCUT2D eigenvalue weighted by Gasteiger charge is -2.61. The van der Waals surface area contributed by atoms with E-state index in [9.17, 15) is 5.11 Å². The summed E-state index contributed by atoms with van der Waals surface area (Å²) in [6.45, 7) is 6.41. The van der Waals surface area contributed by atoms with Gasteiger partial charge in [-0.25, -0.2) is 4.99 Å². The molecule has 5 nitrogen and oxygen atoms in total. The summed E-state index contributed by atoms with van der Waals surface area (Å²) in [7, 11) is 0. The lowest BCUT2D eigenvalue weighted by Crippen LogP contribution is -2.68. The van der Waals surface area contributed by atoms with Gasteiger partial charge >= 0.3 is 0 Å². The van der Waals surface area contributed by atoms with Crippen LogP contribution in [0.4, 0.5) is 0 Å². The number of hydrogen-bond acceptors (Lipinski definition) is 3.